The van der Waals surface area contributed by atoms with Crippen molar-refractivity contribution in [3.8, 4) is 0 Å². The topological polar surface area (TPSA) is 63.2 Å². The SMILES string of the molecule is CSC(C)(C)C(=O)Nc1c(C)cc(C)c(C(=O)P(=O)(c2ccccc2)c2ccccc2)c1C. The second kappa shape index (κ2) is 9.70. The minimum Gasteiger partial charge on any atom is -0.324 e. The highest BCUT2D eigenvalue weighted by Crippen LogP contribution is 2.48. The lowest BCUT2D eigenvalue weighted by Gasteiger charge is -2.25. The molecule has 4 nitrogen and oxygen atoms in total. The molecule has 3 rings (SSSR count). The predicted octanol–water partition coefficient (Wildman–Crippen LogP) is 5.85. The molecule has 1 amide bonds. The van der Waals surface area contributed by atoms with Gasteiger partial charge in [0.05, 0.1) is 4.75 Å². The van der Waals surface area contributed by atoms with E-state index in [0.29, 0.717) is 27.4 Å². The number of carbonyl (C=O) groups is 2. The number of benzene rings is 3. The molecule has 172 valence electrons. The van der Waals surface area contributed by atoms with Gasteiger partial charge in [0.2, 0.25) is 18.6 Å². The quantitative estimate of drug-likeness (QED) is 0.432. The first-order valence-corrected chi connectivity index (χ1v) is 13.7. The minimum atomic E-state index is -3.65. The smallest absolute Gasteiger partial charge is 0.240 e. The number of hydrogen-bond donors (Lipinski definition) is 1. The third-order valence-corrected chi connectivity index (χ3v) is 10.1. The van der Waals surface area contributed by atoms with Gasteiger partial charge in [0.25, 0.3) is 0 Å². The Morgan fingerprint density at radius 1 is 0.848 bits per heavy atom. The fraction of sp³-hybridized carbons (Fsp3) is 0.259. The number of aryl methyl sites for hydroxylation is 2. The Kier molecular flexibility index (Phi) is 7.36. The molecule has 33 heavy (non-hydrogen) atoms. The van der Waals surface area contributed by atoms with Crippen LogP contribution in [0.2, 0.25) is 0 Å². The molecule has 0 saturated heterocycles. The van der Waals surface area contributed by atoms with E-state index in [4.69, 9.17) is 0 Å². The number of anilines is 1. The summed E-state index contributed by atoms with van der Waals surface area (Å²) in [5.41, 5.74) is 2.81. The monoisotopic (exact) mass is 479 g/mol. The van der Waals surface area contributed by atoms with Gasteiger partial charge < -0.3 is 9.88 Å². The molecule has 0 radical (unpaired) electrons. The van der Waals surface area contributed by atoms with Gasteiger partial charge in [-0.1, -0.05) is 66.7 Å². The minimum absolute atomic E-state index is 0.141. The summed E-state index contributed by atoms with van der Waals surface area (Å²) >= 11 is 1.46. The standard InChI is InChI=1S/C27H30NO3PS/c1-18-17-19(2)24(28-26(30)27(4,5)33-6)20(3)23(18)25(29)32(31,21-13-9-7-10-14-21)22-15-11-8-12-16-22/h7-17H,1-6H3,(H,28,30). The van der Waals surface area contributed by atoms with Crippen LogP contribution in [0, 0.1) is 20.8 Å². The van der Waals surface area contributed by atoms with E-state index >= 15 is 0 Å². The first kappa shape index (κ1) is 25.0. The highest BCUT2D eigenvalue weighted by Gasteiger charge is 2.38. The van der Waals surface area contributed by atoms with E-state index in [-0.39, 0.29) is 5.91 Å². The summed E-state index contributed by atoms with van der Waals surface area (Å²) in [7, 11) is -3.65. The molecule has 0 bridgehead atoms. The molecule has 0 atom stereocenters. The molecule has 0 spiro atoms. The lowest BCUT2D eigenvalue weighted by atomic mass is 9.97. The zero-order valence-electron chi connectivity index (χ0n) is 19.9. The van der Waals surface area contributed by atoms with Crippen LogP contribution in [0.5, 0.6) is 0 Å². The molecule has 0 unspecified atom stereocenters. The summed E-state index contributed by atoms with van der Waals surface area (Å²) in [5.74, 6) is -0.141. The Morgan fingerprint density at radius 2 is 1.33 bits per heavy atom. The van der Waals surface area contributed by atoms with Gasteiger partial charge >= 0.3 is 0 Å². The van der Waals surface area contributed by atoms with E-state index in [1.54, 1.807) is 48.5 Å². The second-order valence-corrected chi connectivity index (χ2v) is 12.7. The van der Waals surface area contributed by atoms with Crippen LogP contribution in [0.3, 0.4) is 0 Å². The maximum Gasteiger partial charge on any atom is 0.240 e. The first-order chi connectivity index (χ1) is 15.5. The summed E-state index contributed by atoms with van der Waals surface area (Å²) in [4.78, 5) is 27.0. The Labute approximate surface area is 200 Å². The largest absolute Gasteiger partial charge is 0.324 e. The van der Waals surface area contributed by atoms with Crippen molar-refractivity contribution >= 4 is 46.6 Å². The van der Waals surface area contributed by atoms with Gasteiger partial charge in [-0.2, -0.15) is 0 Å². The van der Waals surface area contributed by atoms with Crippen molar-refractivity contribution in [2.75, 3.05) is 11.6 Å². The predicted molar refractivity (Wildman–Crippen MR) is 141 cm³/mol. The van der Waals surface area contributed by atoms with Gasteiger partial charge in [0.1, 0.15) is 0 Å². The Bertz CT molecular complexity index is 1190. The maximum atomic E-state index is 14.6. The molecule has 3 aromatic rings. The van der Waals surface area contributed by atoms with Crippen LogP contribution in [-0.4, -0.2) is 22.4 Å². The summed E-state index contributed by atoms with van der Waals surface area (Å²) in [5, 5.41) is 4.01. The first-order valence-electron chi connectivity index (χ1n) is 10.8. The van der Waals surface area contributed by atoms with Gasteiger partial charge in [0, 0.05) is 21.9 Å². The summed E-state index contributed by atoms with van der Waals surface area (Å²) in [6.45, 7) is 9.29. The molecule has 3 aromatic carbocycles. The van der Waals surface area contributed by atoms with Crippen LogP contribution in [0.1, 0.15) is 40.9 Å². The highest BCUT2D eigenvalue weighted by atomic mass is 32.2. The lowest BCUT2D eigenvalue weighted by molar-refractivity contribution is -0.117. The fourth-order valence-corrected chi connectivity index (χ4v) is 6.73. The number of carbonyl (C=O) groups excluding carboxylic acids is 2. The molecule has 0 aliphatic heterocycles. The van der Waals surface area contributed by atoms with Crippen LogP contribution >= 0.6 is 18.9 Å². The highest BCUT2D eigenvalue weighted by molar-refractivity contribution is 8.00. The molecule has 0 heterocycles. The van der Waals surface area contributed by atoms with E-state index in [9.17, 15) is 14.2 Å². The molecule has 0 saturated carbocycles. The van der Waals surface area contributed by atoms with Crippen molar-refractivity contribution in [3.05, 3.63) is 89.0 Å². The summed E-state index contributed by atoms with van der Waals surface area (Å²) < 4.78 is 14.0. The van der Waals surface area contributed by atoms with Gasteiger partial charge in [-0.05, 0) is 57.6 Å². The molecule has 1 N–H and O–H groups in total. The molecule has 0 fully saturated rings. The average molecular weight is 480 g/mol. The normalized spacial score (nSPS) is 11.8. The number of amides is 1. The van der Waals surface area contributed by atoms with Crippen molar-refractivity contribution in [2.24, 2.45) is 0 Å². The Morgan fingerprint density at radius 3 is 1.79 bits per heavy atom. The molecular formula is C27H30NO3PS. The van der Waals surface area contributed by atoms with E-state index in [0.717, 1.165) is 11.1 Å². The Balaban J connectivity index is 2.21. The van der Waals surface area contributed by atoms with Crippen molar-refractivity contribution in [3.63, 3.8) is 0 Å². The number of thioether (sulfide) groups is 1. The van der Waals surface area contributed by atoms with Gasteiger partial charge in [-0.25, -0.2) is 0 Å². The molecule has 0 aromatic heterocycles. The van der Waals surface area contributed by atoms with Gasteiger partial charge in [0.15, 0.2) is 0 Å². The molecule has 6 heteroatoms. The van der Waals surface area contributed by atoms with E-state index in [1.165, 1.54) is 11.8 Å². The molecule has 0 aliphatic carbocycles. The summed E-state index contributed by atoms with van der Waals surface area (Å²) in [6, 6.07) is 19.7. The maximum absolute atomic E-state index is 14.6. The van der Waals surface area contributed by atoms with Crippen molar-refractivity contribution < 1.29 is 14.2 Å². The zero-order chi connectivity index (χ0) is 24.4. The average Bonchev–Trinajstić information content (AvgIpc) is 2.81. The second-order valence-electron chi connectivity index (χ2n) is 8.64. The van der Waals surface area contributed by atoms with Crippen LogP contribution in [0.15, 0.2) is 66.7 Å². The van der Waals surface area contributed by atoms with Crippen LogP contribution in [-0.2, 0) is 9.36 Å². The van der Waals surface area contributed by atoms with Crippen molar-refractivity contribution in [2.45, 2.75) is 39.4 Å². The van der Waals surface area contributed by atoms with Gasteiger partial charge in [-0.3, -0.25) is 9.59 Å². The Hall–Kier alpha value is -2.62. The molecule has 0 aliphatic rings. The number of nitrogens with one attached hydrogen (secondary N) is 1. The third-order valence-electron chi connectivity index (χ3n) is 6.01. The number of hydrogen-bond acceptors (Lipinski definition) is 4. The van der Waals surface area contributed by atoms with E-state index < -0.39 is 17.4 Å². The van der Waals surface area contributed by atoms with Crippen molar-refractivity contribution in [1.82, 2.24) is 0 Å². The number of rotatable bonds is 7. The fourth-order valence-electron chi connectivity index (χ4n) is 3.88. The van der Waals surface area contributed by atoms with Crippen molar-refractivity contribution in [1.29, 1.82) is 0 Å². The lowest BCUT2D eigenvalue weighted by Crippen LogP contribution is -2.34. The van der Waals surface area contributed by atoms with Gasteiger partial charge in [-0.15, -0.1) is 11.8 Å². The molecular weight excluding hydrogens is 449 g/mol. The third kappa shape index (κ3) is 4.71. The summed E-state index contributed by atoms with van der Waals surface area (Å²) in [6.07, 6.45) is 1.89. The van der Waals surface area contributed by atoms with Crippen LogP contribution in [0.4, 0.5) is 5.69 Å². The van der Waals surface area contributed by atoms with Crippen LogP contribution < -0.4 is 15.9 Å². The zero-order valence-corrected chi connectivity index (χ0v) is 21.6. The van der Waals surface area contributed by atoms with E-state index in [2.05, 4.69) is 5.32 Å². The van der Waals surface area contributed by atoms with Crippen LogP contribution in [0.25, 0.3) is 0 Å². The van der Waals surface area contributed by atoms with E-state index in [1.807, 2.05) is 59.1 Å².